The summed E-state index contributed by atoms with van der Waals surface area (Å²) in [6.07, 6.45) is 1.81. The van der Waals surface area contributed by atoms with E-state index < -0.39 is 5.03 Å². The third-order valence-corrected chi connectivity index (χ3v) is 5.03. The fourth-order valence-electron chi connectivity index (χ4n) is 2.61. The Morgan fingerprint density at radius 2 is 2.23 bits per heavy atom. The summed E-state index contributed by atoms with van der Waals surface area (Å²) in [4.78, 5) is 14.9. The van der Waals surface area contributed by atoms with Gasteiger partial charge in [0.15, 0.2) is 5.03 Å². The minimum Gasteiger partial charge on any atom is -0.381 e. The predicted octanol–water partition coefficient (Wildman–Crippen LogP) is 1.82. The predicted molar refractivity (Wildman–Crippen MR) is 90.8 cm³/mol. The first-order chi connectivity index (χ1) is 10.4. The van der Waals surface area contributed by atoms with Crippen LogP contribution in [0, 0.1) is 22.0 Å². The molecule has 0 saturated carbocycles. The molecule has 1 fully saturated rings. The van der Waals surface area contributed by atoms with Crippen LogP contribution < -0.4 is 0 Å². The van der Waals surface area contributed by atoms with E-state index in [1.807, 2.05) is 11.9 Å². The molecule has 0 aromatic heterocycles. The van der Waals surface area contributed by atoms with E-state index in [9.17, 15) is 10.1 Å². The van der Waals surface area contributed by atoms with Gasteiger partial charge in [0.1, 0.15) is 0 Å². The highest BCUT2D eigenvalue weighted by atomic mass is 32.2. The Bertz CT molecular complexity index is 394. The molecule has 1 rings (SSSR count). The molecule has 8 heteroatoms. The number of amidine groups is 1. The van der Waals surface area contributed by atoms with Crippen LogP contribution >= 0.6 is 11.8 Å². The lowest BCUT2D eigenvalue weighted by molar-refractivity contribution is -0.485. The molecule has 3 atom stereocenters. The van der Waals surface area contributed by atoms with E-state index in [4.69, 9.17) is 4.74 Å². The number of thioether (sulfide) groups is 1. The molecule has 0 aromatic carbocycles. The maximum absolute atomic E-state index is 10.6. The molecule has 0 bridgehead atoms. The van der Waals surface area contributed by atoms with Gasteiger partial charge < -0.3 is 14.5 Å². The largest absolute Gasteiger partial charge is 0.381 e. The Morgan fingerprint density at radius 3 is 2.68 bits per heavy atom. The topological polar surface area (TPSA) is 71.2 Å². The first-order valence-corrected chi connectivity index (χ1v) is 8.91. The lowest BCUT2D eigenvalue weighted by atomic mass is 9.97. The lowest BCUT2D eigenvalue weighted by Gasteiger charge is -2.32. The number of ether oxygens (including phenoxy) is 1. The van der Waals surface area contributed by atoms with Crippen LogP contribution in [0.1, 0.15) is 20.8 Å². The van der Waals surface area contributed by atoms with E-state index >= 15 is 0 Å². The van der Waals surface area contributed by atoms with Crippen molar-refractivity contribution in [3.05, 3.63) is 10.1 Å². The zero-order valence-electron chi connectivity index (χ0n) is 14.2. The smallest absolute Gasteiger partial charge is 0.237 e. The van der Waals surface area contributed by atoms with Crippen LogP contribution in [0.2, 0.25) is 0 Å². The molecule has 128 valence electrons. The van der Waals surface area contributed by atoms with Gasteiger partial charge in [-0.25, -0.2) is 10.1 Å². The summed E-state index contributed by atoms with van der Waals surface area (Å²) in [5, 5.41) is 13.8. The molecule has 0 aromatic rings. The van der Waals surface area contributed by atoms with Crippen molar-refractivity contribution >= 4 is 16.9 Å². The Hall–Kier alpha value is -0.860. The summed E-state index contributed by atoms with van der Waals surface area (Å²) >= 11 is 1.30. The van der Waals surface area contributed by atoms with Crippen molar-refractivity contribution < 1.29 is 9.77 Å². The first kappa shape index (κ1) is 19.2. The minimum atomic E-state index is -0.635. The molecule has 1 heterocycles. The van der Waals surface area contributed by atoms with Crippen LogP contribution in [0.4, 0.5) is 0 Å². The average Bonchev–Trinajstić information content (AvgIpc) is 2.88. The zero-order valence-corrected chi connectivity index (χ0v) is 15.0. The molecule has 0 amide bonds. The Kier molecular flexibility index (Phi) is 8.13. The molecule has 3 unspecified atom stereocenters. The van der Waals surface area contributed by atoms with Crippen LogP contribution in [0.3, 0.4) is 0 Å². The molecular formula is C14H28N4O3S. The summed E-state index contributed by atoms with van der Waals surface area (Å²) < 4.78 is 5.53. The molecule has 1 aliphatic heterocycles. The summed E-state index contributed by atoms with van der Waals surface area (Å²) in [6, 6.07) is 0.156. The Labute approximate surface area is 137 Å². The van der Waals surface area contributed by atoms with E-state index in [0.717, 1.165) is 32.8 Å². The van der Waals surface area contributed by atoms with Crippen molar-refractivity contribution in [1.82, 2.24) is 9.80 Å². The lowest BCUT2D eigenvalue weighted by Crippen LogP contribution is -2.44. The summed E-state index contributed by atoms with van der Waals surface area (Å²) in [6.45, 7) is 11.0. The fraction of sp³-hybridized carbons (Fsp3) is 0.929. The number of likely N-dealkylation sites (N-methyl/N-ethyl adjacent to an activating group) is 2. The van der Waals surface area contributed by atoms with E-state index in [1.165, 1.54) is 11.8 Å². The molecule has 0 spiro atoms. The molecule has 0 radical (unpaired) electrons. The summed E-state index contributed by atoms with van der Waals surface area (Å²) in [7, 11) is 1.86. The van der Waals surface area contributed by atoms with Gasteiger partial charge in [-0.15, -0.1) is 0 Å². The van der Waals surface area contributed by atoms with E-state index in [-0.39, 0.29) is 6.04 Å². The quantitative estimate of drug-likeness (QED) is 0.306. The maximum Gasteiger partial charge on any atom is 0.237 e. The summed E-state index contributed by atoms with van der Waals surface area (Å²) in [5.74, 6) is 1.17. The number of nitro groups is 1. The molecule has 0 N–H and O–H groups in total. The SMILES string of the molecule is CCN(CC1COCC1C)CC(C)N(C)C(=N[N+](=O)[O-])SC. The third-order valence-electron chi connectivity index (χ3n) is 4.29. The average molecular weight is 332 g/mol. The van der Waals surface area contributed by atoms with Crippen LogP contribution in [0.25, 0.3) is 0 Å². The van der Waals surface area contributed by atoms with Crippen LogP contribution in [-0.2, 0) is 4.74 Å². The van der Waals surface area contributed by atoms with Crippen molar-refractivity contribution in [1.29, 1.82) is 0 Å². The van der Waals surface area contributed by atoms with Crippen molar-refractivity contribution in [2.75, 3.05) is 46.2 Å². The Morgan fingerprint density at radius 1 is 1.55 bits per heavy atom. The van der Waals surface area contributed by atoms with E-state index in [0.29, 0.717) is 17.0 Å². The highest BCUT2D eigenvalue weighted by Gasteiger charge is 2.27. The van der Waals surface area contributed by atoms with Gasteiger partial charge in [0.25, 0.3) is 0 Å². The minimum absolute atomic E-state index is 0.156. The van der Waals surface area contributed by atoms with Gasteiger partial charge in [0.2, 0.25) is 5.17 Å². The second kappa shape index (κ2) is 9.32. The van der Waals surface area contributed by atoms with Gasteiger partial charge in [-0.2, -0.15) is 0 Å². The molecule has 1 aliphatic rings. The monoisotopic (exact) mass is 332 g/mol. The third kappa shape index (κ3) is 5.73. The van der Waals surface area contributed by atoms with Gasteiger partial charge >= 0.3 is 0 Å². The van der Waals surface area contributed by atoms with Gasteiger partial charge in [-0.3, -0.25) is 0 Å². The highest BCUT2D eigenvalue weighted by molar-refractivity contribution is 8.13. The number of hydrogen-bond acceptors (Lipinski definition) is 5. The van der Waals surface area contributed by atoms with Gasteiger partial charge in [-0.05, 0) is 31.6 Å². The van der Waals surface area contributed by atoms with Gasteiger partial charge in [0, 0.05) is 32.8 Å². The normalized spacial score (nSPS) is 23.8. The molecule has 0 aliphatic carbocycles. The molecular weight excluding hydrogens is 304 g/mol. The van der Waals surface area contributed by atoms with Crippen molar-refractivity contribution in [3.63, 3.8) is 0 Å². The number of hydrogen-bond donors (Lipinski definition) is 0. The first-order valence-electron chi connectivity index (χ1n) is 7.68. The summed E-state index contributed by atoms with van der Waals surface area (Å²) in [5.41, 5.74) is 0. The maximum atomic E-state index is 10.6. The standard InChI is InChI=1S/C14H28N4O3S/c1-6-17(8-13-10-21-9-11(13)2)7-12(3)16(4)14(22-5)15-18(19)20/h11-13H,6-10H2,1-5H3. The number of rotatable bonds is 7. The zero-order chi connectivity index (χ0) is 16.7. The van der Waals surface area contributed by atoms with E-state index in [2.05, 4.69) is 30.8 Å². The number of hydrazone groups is 1. The molecule has 22 heavy (non-hydrogen) atoms. The number of nitrogens with zero attached hydrogens (tertiary/aromatic N) is 4. The van der Waals surface area contributed by atoms with Crippen LogP contribution in [-0.4, -0.2) is 72.2 Å². The van der Waals surface area contributed by atoms with Crippen molar-refractivity contribution in [2.45, 2.75) is 26.8 Å². The highest BCUT2D eigenvalue weighted by Crippen LogP contribution is 2.21. The second-order valence-corrected chi connectivity index (χ2v) is 6.68. The second-order valence-electron chi connectivity index (χ2n) is 5.91. The van der Waals surface area contributed by atoms with Gasteiger partial charge in [0.05, 0.1) is 11.7 Å². The fourth-order valence-corrected chi connectivity index (χ4v) is 3.23. The van der Waals surface area contributed by atoms with Crippen molar-refractivity contribution in [3.8, 4) is 0 Å². The van der Waals surface area contributed by atoms with E-state index in [1.54, 1.807) is 6.26 Å². The molecule has 1 saturated heterocycles. The Balaban J connectivity index is 2.59. The van der Waals surface area contributed by atoms with Crippen LogP contribution in [0.5, 0.6) is 0 Å². The van der Waals surface area contributed by atoms with Gasteiger partial charge in [-0.1, -0.05) is 25.6 Å². The van der Waals surface area contributed by atoms with Crippen LogP contribution in [0.15, 0.2) is 5.10 Å². The van der Waals surface area contributed by atoms with Crippen molar-refractivity contribution in [2.24, 2.45) is 16.9 Å². The molecule has 7 nitrogen and oxygen atoms in total.